The van der Waals surface area contributed by atoms with Gasteiger partial charge in [-0.05, 0) is 56.2 Å². The summed E-state index contributed by atoms with van der Waals surface area (Å²) in [6.45, 7) is 13.2. The summed E-state index contributed by atoms with van der Waals surface area (Å²) < 4.78 is 7.07. The Balaban J connectivity index is 1.71. The van der Waals surface area contributed by atoms with Crippen molar-refractivity contribution in [1.82, 2.24) is 9.80 Å². The Morgan fingerprint density at radius 2 is 1.73 bits per heavy atom. The molecule has 8 nitrogen and oxygen atoms in total. The molecule has 5 rings (SSSR count). The number of likely N-dealkylation sites (tertiary alicyclic amines) is 1. The lowest BCUT2D eigenvalue weighted by Crippen LogP contribution is -2.59. The summed E-state index contributed by atoms with van der Waals surface area (Å²) in [5.74, 6) is -2.08. The van der Waals surface area contributed by atoms with E-state index in [9.17, 15) is 19.5 Å². The minimum absolute atomic E-state index is 0.101. The van der Waals surface area contributed by atoms with Crippen LogP contribution in [-0.4, -0.2) is 82.2 Å². The number of ether oxygens (including phenoxy) is 1. The number of nitrogens with zero attached hydrogens (tertiary/aromatic N) is 3. The summed E-state index contributed by atoms with van der Waals surface area (Å²) in [4.78, 5) is 49.0. The highest BCUT2D eigenvalue weighted by atomic mass is 16.5. The van der Waals surface area contributed by atoms with Crippen LogP contribution in [-0.2, 0) is 19.1 Å². The number of aryl methyl sites for hydroxylation is 2. The van der Waals surface area contributed by atoms with Crippen molar-refractivity contribution in [2.75, 3.05) is 31.1 Å². The molecule has 6 atom stereocenters. The maximum Gasteiger partial charge on any atom is 0.253 e. The second-order valence-electron chi connectivity index (χ2n) is 12.7. The van der Waals surface area contributed by atoms with Crippen LogP contribution in [0, 0.1) is 31.6 Å². The van der Waals surface area contributed by atoms with Gasteiger partial charge < -0.3 is 24.5 Å². The van der Waals surface area contributed by atoms with Gasteiger partial charge in [-0.15, -0.1) is 0 Å². The summed E-state index contributed by atoms with van der Waals surface area (Å²) in [7, 11) is 0. The van der Waals surface area contributed by atoms with Crippen LogP contribution in [0.25, 0.3) is 0 Å². The summed E-state index contributed by atoms with van der Waals surface area (Å²) in [5.41, 5.74) is 0.441. The lowest BCUT2D eigenvalue weighted by atomic mass is 9.73. The van der Waals surface area contributed by atoms with Crippen molar-refractivity contribution in [2.24, 2.45) is 17.8 Å². The molecule has 0 aliphatic carbocycles. The molecule has 4 aliphatic rings. The molecular weight excluding hydrogens is 518 g/mol. The van der Waals surface area contributed by atoms with E-state index in [2.05, 4.69) is 0 Å². The number of carbonyl (C=O) groups is 3. The molecule has 1 aromatic rings. The summed E-state index contributed by atoms with van der Waals surface area (Å²) >= 11 is 0. The zero-order valence-corrected chi connectivity index (χ0v) is 25.3. The van der Waals surface area contributed by atoms with E-state index in [4.69, 9.17) is 4.74 Å². The maximum atomic E-state index is 14.8. The fourth-order valence-electron chi connectivity index (χ4n) is 7.66. The molecule has 8 heteroatoms. The third kappa shape index (κ3) is 4.54. The van der Waals surface area contributed by atoms with E-state index in [1.165, 1.54) is 0 Å². The number of carbonyl (C=O) groups excluding carboxylic acids is 3. The second kappa shape index (κ2) is 11.0. The number of aliphatic hydroxyl groups is 1. The maximum absolute atomic E-state index is 14.8. The quantitative estimate of drug-likeness (QED) is 0.487. The van der Waals surface area contributed by atoms with Gasteiger partial charge in [0.15, 0.2) is 0 Å². The fraction of sp³-hybridized carbons (Fsp3) is 0.606. The van der Waals surface area contributed by atoms with E-state index < -0.39 is 35.1 Å². The monoisotopic (exact) mass is 563 g/mol. The highest BCUT2D eigenvalue weighted by Crippen LogP contribution is 2.59. The van der Waals surface area contributed by atoms with Gasteiger partial charge in [-0.25, -0.2) is 0 Å². The van der Waals surface area contributed by atoms with Crippen molar-refractivity contribution in [3.63, 3.8) is 0 Å². The van der Waals surface area contributed by atoms with Gasteiger partial charge in [0, 0.05) is 25.3 Å². The molecule has 0 saturated carbocycles. The number of fused-ring (bicyclic) bond motifs is 2. The van der Waals surface area contributed by atoms with Crippen LogP contribution in [0.2, 0.25) is 0 Å². The van der Waals surface area contributed by atoms with E-state index in [0.717, 1.165) is 23.2 Å². The van der Waals surface area contributed by atoms with Gasteiger partial charge in [-0.2, -0.15) is 0 Å². The van der Waals surface area contributed by atoms with E-state index in [0.29, 0.717) is 32.5 Å². The molecule has 2 saturated heterocycles. The first kappa shape index (κ1) is 29.5. The number of aliphatic hydroxyl groups excluding tert-OH is 1. The Morgan fingerprint density at radius 1 is 1.00 bits per heavy atom. The van der Waals surface area contributed by atoms with Gasteiger partial charge in [0.1, 0.15) is 11.6 Å². The van der Waals surface area contributed by atoms with Gasteiger partial charge >= 0.3 is 0 Å². The zero-order valence-electron chi connectivity index (χ0n) is 25.3. The molecule has 41 heavy (non-hydrogen) atoms. The first-order valence-corrected chi connectivity index (χ1v) is 15.2. The van der Waals surface area contributed by atoms with Gasteiger partial charge in [0.2, 0.25) is 11.8 Å². The second-order valence-corrected chi connectivity index (χ2v) is 12.7. The SMILES string of the molecule is CCCN1CC=C[C@]2(CC)O[C@]34C=CCN(c5cc(C)ccc5C)C(=O)C3N([C@@H](CO)CC(C)C)C(=O)[C@@H]4[C@@H]2C1=O. The lowest BCUT2D eigenvalue weighted by molar-refractivity contribution is -0.153. The number of amides is 3. The minimum Gasteiger partial charge on any atom is -0.394 e. The predicted octanol–water partition coefficient (Wildman–Crippen LogP) is 3.78. The minimum atomic E-state index is -1.33. The van der Waals surface area contributed by atoms with Gasteiger partial charge in [-0.3, -0.25) is 14.4 Å². The molecule has 4 aliphatic heterocycles. The number of hydrogen-bond acceptors (Lipinski definition) is 5. The van der Waals surface area contributed by atoms with Crippen molar-refractivity contribution in [3.05, 3.63) is 53.6 Å². The molecule has 1 unspecified atom stereocenters. The van der Waals surface area contributed by atoms with Crippen molar-refractivity contribution < 1.29 is 24.2 Å². The van der Waals surface area contributed by atoms with Crippen LogP contribution in [0.5, 0.6) is 0 Å². The topological polar surface area (TPSA) is 90.4 Å². The average Bonchev–Trinajstić information content (AvgIpc) is 3.24. The molecule has 1 spiro atoms. The molecule has 3 amide bonds. The first-order valence-electron chi connectivity index (χ1n) is 15.2. The van der Waals surface area contributed by atoms with E-state index in [-0.39, 0.29) is 30.2 Å². The first-order chi connectivity index (χ1) is 19.5. The van der Waals surface area contributed by atoms with E-state index in [1.807, 2.05) is 88.9 Å². The summed E-state index contributed by atoms with van der Waals surface area (Å²) in [5, 5.41) is 10.6. The molecule has 0 bridgehead atoms. The summed E-state index contributed by atoms with van der Waals surface area (Å²) in [6, 6.07) is 4.43. The van der Waals surface area contributed by atoms with E-state index >= 15 is 0 Å². The Morgan fingerprint density at radius 3 is 2.39 bits per heavy atom. The largest absolute Gasteiger partial charge is 0.394 e. The Hall–Kier alpha value is -2.97. The fourth-order valence-corrected chi connectivity index (χ4v) is 7.66. The number of anilines is 1. The normalized spacial score (nSPS) is 31.9. The number of hydrogen-bond donors (Lipinski definition) is 1. The van der Waals surface area contributed by atoms with Gasteiger partial charge in [0.05, 0.1) is 30.1 Å². The van der Waals surface area contributed by atoms with Crippen molar-refractivity contribution >= 4 is 23.4 Å². The molecule has 222 valence electrons. The molecule has 2 fully saturated rings. The average molecular weight is 564 g/mol. The molecule has 4 heterocycles. The van der Waals surface area contributed by atoms with Crippen LogP contribution < -0.4 is 4.90 Å². The van der Waals surface area contributed by atoms with Crippen LogP contribution in [0.15, 0.2) is 42.5 Å². The molecule has 0 aromatic heterocycles. The molecular formula is C33H45N3O5. The highest BCUT2D eigenvalue weighted by molar-refractivity contribution is 6.06. The van der Waals surface area contributed by atoms with Crippen LogP contribution in [0.3, 0.4) is 0 Å². The Labute approximate surface area is 244 Å². The van der Waals surface area contributed by atoms with Gasteiger partial charge in [0.25, 0.3) is 5.91 Å². The molecule has 1 N–H and O–H groups in total. The standard InChI is InChI=1S/C33H45N3O5/c1-7-15-34-16-9-13-32(8-2)26(29(34)38)27-30(39)36(24(20-37)18-21(3)4)28-31(40)35(17-10-14-33(27,28)41-32)25-19-22(5)11-12-23(25)6/h9-14,19,21,24,26-28,37H,7-8,15-18,20H2,1-6H3/t24-,26-,27+,28?,32+,33+/m1/s1. The van der Waals surface area contributed by atoms with Crippen molar-refractivity contribution in [2.45, 2.75) is 84.1 Å². The van der Waals surface area contributed by atoms with E-state index in [1.54, 1.807) is 9.80 Å². The predicted molar refractivity (Wildman–Crippen MR) is 158 cm³/mol. The van der Waals surface area contributed by atoms with Crippen LogP contribution >= 0.6 is 0 Å². The molecule has 0 radical (unpaired) electrons. The third-order valence-corrected chi connectivity index (χ3v) is 9.46. The Kier molecular flexibility index (Phi) is 7.94. The lowest BCUT2D eigenvalue weighted by Gasteiger charge is -2.41. The summed E-state index contributed by atoms with van der Waals surface area (Å²) in [6.07, 6.45) is 9.59. The zero-order chi connectivity index (χ0) is 29.7. The van der Waals surface area contributed by atoms with Crippen LogP contribution in [0.4, 0.5) is 5.69 Å². The van der Waals surface area contributed by atoms with Crippen LogP contribution in [0.1, 0.15) is 58.1 Å². The molecule has 1 aromatic carbocycles. The van der Waals surface area contributed by atoms with Crippen molar-refractivity contribution in [3.8, 4) is 0 Å². The third-order valence-electron chi connectivity index (χ3n) is 9.46. The number of rotatable bonds is 8. The van der Waals surface area contributed by atoms with Gasteiger partial charge in [-0.1, -0.05) is 64.1 Å². The highest BCUT2D eigenvalue weighted by Gasteiger charge is 2.76. The smallest absolute Gasteiger partial charge is 0.253 e. The number of benzene rings is 1. The van der Waals surface area contributed by atoms with Crippen molar-refractivity contribution in [1.29, 1.82) is 0 Å². The Bertz CT molecular complexity index is 1270.